The summed E-state index contributed by atoms with van der Waals surface area (Å²) in [7, 11) is 0. The molecule has 1 saturated heterocycles. The van der Waals surface area contributed by atoms with Gasteiger partial charge in [0.05, 0.1) is 5.92 Å². The third-order valence-electron chi connectivity index (χ3n) is 5.22. The van der Waals surface area contributed by atoms with Crippen molar-refractivity contribution in [1.82, 2.24) is 5.32 Å². The van der Waals surface area contributed by atoms with Gasteiger partial charge < -0.3 is 20.3 Å². The van der Waals surface area contributed by atoms with Crippen molar-refractivity contribution in [2.45, 2.75) is 33.6 Å². The first-order valence-electron chi connectivity index (χ1n) is 10.6. The van der Waals surface area contributed by atoms with Crippen LogP contribution in [0.1, 0.15) is 30.9 Å². The fourth-order valence-corrected chi connectivity index (χ4v) is 3.54. The average Bonchev–Trinajstić information content (AvgIpc) is 3.14. The minimum Gasteiger partial charge on any atom is -0.484 e. The summed E-state index contributed by atoms with van der Waals surface area (Å²) >= 11 is 0. The molecule has 7 heteroatoms. The molecule has 3 amide bonds. The van der Waals surface area contributed by atoms with Gasteiger partial charge in [-0.05, 0) is 56.2 Å². The molecular formula is C24H29N3O4. The van der Waals surface area contributed by atoms with Crippen LogP contribution in [0, 0.1) is 19.8 Å². The Kier molecular flexibility index (Phi) is 7.28. The molecule has 2 aromatic rings. The number of ether oxygens (including phenoxy) is 1. The molecule has 3 rings (SSSR count). The summed E-state index contributed by atoms with van der Waals surface area (Å²) in [6, 6.07) is 12.8. The van der Waals surface area contributed by atoms with Crippen molar-refractivity contribution in [3.8, 4) is 5.75 Å². The van der Waals surface area contributed by atoms with Gasteiger partial charge in [0.1, 0.15) is 5.75 Å². The van der Waals surface area contributed by atoms with Crippen LogP contribution in [0.4, 0.5) is 11.4 Å². The van der Waals surface area contributed by atoms with Gasteiger partial charge in [-0.2, -0.15) is 0 Å². The number of carbonyl (C=O) groups excluding carboxylic acids is 3. The molecule has 2 aromatic carbocycles. The van der Waals surface area contributed by atoms with Gasteiger partial charge >= 0.3 is 0 Å². The molecule has 7 nitrogen and oxygen atoms in total. The summed E-state index contributed by atoms with van der Waals surface area (Å²) in [6.07, 6.45) is 1.08. The summed E-state index contributed by atoms with van der Waals surface area (Å²) in [4.78, 5) is 38.3. The van der Waals surface area contributed by atoms with Crippen LogP contribution in [-0.4, -0.2) is 37.4 Å². The monoisotopic (exact) mass is 423 g/mol. The van der Waals surface area contributed by atoms with E-state index in [1.165, 1.54) is 0 Å². The van der Waals surface area contributed by atoms with E-state index < -0.39 is 0 Å². The molecule has 0 spiro atoms. The third-order valence-corrected chi connectivity index (χ3v) is 5.22. The molecule has 0 aliphatic carbocycles. The lowest BCUT2D eigenvalue weighted by molar-refractivity contribution is -0.126. The maximum absolute atomic E-state index is 12.3. The molecule has 0 saturated carbocycles. The number of hydrogen-bond donors (Lipinski definition) is 2. The normalized spacial score (nSPS) is 15.6. The summed E-state index contributed by atoms with van der Waals surface area (Å²) in [5.41, 5.74) is 3.60. The van der Waals surface area contributed by atoms with Crippen LogP contribution in [0.3, 0.4) is 0 Å². The Morgan fingerprint density at radius 1 is 1.13 bits per heavy atom. The Morgan fingerprint density at radius 3 is 2.55 bits per heavy atom. The van der Waals surface area contributed by atoms with E-state index >= 15 is 0 Å². The second-order valence-corrected chi connectivity index (χ2v) is 7.85. The zero-order valence-corrected chi connectivity index (χ0v) is 18.2. The Balaban J connectivity index is 1.52. The first kappa shape index (κ1) is 22.3. The molecule has 0 bridgehead atoms. The van der Waals surface area contributed by atoms with E-state index in [-0.39, 0.29) is 36.7 Å². The van der Waals surface area contributed by atoms with E-state index in [0.29, 0.717) is 24.5 Å². The first-order valence-corrected chi connectivity index (χ1v) is 10.6. The Labute approximate surface area is 182 Å². The highest BCUT2D eigenvalue weighted by atomic mass is 16.5. The predicted molar refractivity (Wildman–Crippen MR) is 120 cm³/mol. The zero-order chi connectivity index (χ0) is 22.4. The largest absolute Gasteiger partial charge is 0.484 e. The summed E-state index contributed by atoms with van der Waals surface area (Å²) in [6.45, 7) is 6.81. The lowest BCUT2D eigenvalue weighted by Gasteiger charge is -2.17. The van der Waals surface area contributed by atoms with Crippen molar-refractivity contribution in [2.24, 2.45) is 5.92 Å². The molecule has 1 fully saturated rings. The van der Waals surface area contributed by atoms with Crippen LogP contribution >= 0.6 is 0 Å². The van der Waals surface area contributed by atoms with E-state index in [1.807, 2.05) is 39.0 Å². The summed E-state index contributed by atoms with van der Waals surface area (Å²) < 4.78 is 5.57. The van der Waals surface area contributed by atoms with E-state index in [4.69, 9.17) is 4.74 Å². The predicted octanol–water partition coefficient (Wildman–Crippen LogP) is 3.20. The highest BCUT2D eigenvalue weighted by molar-refractivity contribution is 6.00. The SMILES string of the molecule is CCCNC(=O)[C@H]1CC(=O)N(c2ccc(OCC(=O)Nc3ccc(C)cc3C)cc2)C1. The van der Waals surface area contributed by atoms with Crippen LogP contribution in [0.5, 0.6) is 5.75 Å². The van der Waals surface area contributed by atoms with E-state index in [2.05, 4.69) is 10.6 Å². The molecule has 1 aliphatic rings. The Morgan fingerprint density at radius 2 is 1.87 bits per heavy atom. The lowest BCUT2D eigenvalue weighted by Crippen LogP contribution is -2.33. The van der Waals surface area contributed by atoms with Crippen molar-refractivity contribution in [3.05, 3.63) is 53.6 Å². The molecule has 1 heterocycles. The standard InChI is InChI=1S/C24H29N3O4/c1-4-11-25-24(30)18-13-23(29)27(14-18)19-6-8-20(9-7-19)31-15-22(28)26-21-10-5-16(2)12-17(21)3/h5-10,12,18H,4,11,13-15H2,1-3H3,(H,25,30)(H,26,28)/t18-/m0/s1. The molecule has 164 valence electrons. The number of nitrogens with one attached hydrogen (secondary N) is 2. The number of nitrogens with zero attached hydrogens (tertiary/aromatic N) is 1. The molecule has 0 unspecified atom stereocenters. The van der Waals surface area contributed by atoms with Crippen LogP contribution < -0.4 is 20.3 Å². The number of rotatable bonds is 8. The minimum atomic E-state index is -0.330. The van der Waals surface area contributed by atoms with Gasteiger partial charge in [-0.25, -0.2) is 0 Å². The van der Waals surface area contributed by atoms with Gasteiger partial charge in [-0.1, -0.05) is 24.6 Å². The third kappa shape index (κ3) is 5.84. The van der Waals surface area contributed by atoms with Crippen molar-refractivity contribution in [1.29, 1.82) is 0 Å². The topological polar surface area (TPSA) is 87.7 Å². The second kappa shape index (κ2) is 10.1. The smallest absolute Gasteiger partial charge is 0.262 e. The van der Waals surface area contributed by atoms with Gasteiger partial charge in [-0.3, -0.25) is 14.4 Å². The number of hydrogen-bond acceptors (Lipinski definition) is 4. The van der Waals surface area contributed by atoms with Crippen LogP contribution in [0.15, 0.2) is 42.5 Å². The fraction of sp³-hybridized carbons (Fsp3) is 0.375. The molecule has 0 radical (unpaired) electrons. The number of carbonyl (C=O) groups is 3. The maximum atomic E-state index is 12.3. The summed E-state index contributed by atoms with van der Waals surface area (Å²) in [5.74, 6) is -0.190. The molecule has 2 N–H and O–H groups in total. The van der Waals surface area contributed by atoms with Crippen LogP contribution in [-0.2, 0) is 14.4 Å². The van der Waals surface area contributed by atoms with Gasteiger partial charge in [0.25, 0.3) is 5.91 Å². The maximum Gasteiger partial charge on any atom is 0.262 e. The number of benzene rings is 2. The van der Waals surface area contributed by atoms with Crippen molar-refractivity contribution in [2.75, 3.05) is 29.9 Å². The number of aryl methyl sites for hydroxylation is 2. The number of amides is 3. The first-order chi connectivity index (χ1) is 14.9. The average molecular weight is 424 g/mol. The Bertz CT molecular complexity index is 956. The van der Waals surface area contributed by atoms with E-state index in [1.54, 1.807) is 29.2 Å². The Hall–Kier alpha value is -3.35. The second-order valence-electron chi connectivity index (χ2n) is 7.85. The van der Waals surface area contributed by atoms with Gasteiger partial charge in [-0.15, -0.1) is 0 Å². The van der Waals surface area contributed by atoms with Crippen molar-refractivity contribution < 1.29 is 19.1 Å². The highest BCUT2D eigenvalue weighted by Gasteiger charge is 2.34. The molecule has 1 atom stereocenters. The van der Waals surface area contributed by atoms with Crippen molar-refractivity contribution in [3.63, 3.8) is 0 Å². The molecule has 0 aromatic heterocycles. The number of anilines is 2. The molecule has 1 aliphatic heterocycles. The highest BCUT2D eigenvalue weighted by Crippen LogP contribution is 2.27. The molecule has 31 heavy (non-hydrogen) atoms. The molecular weight excluding hydrogens is 394 g/mol. The minimum absolute atomic E-state index is 0.0711. The van der Waals surface area contributed by atoms with Gasteiger partial charge in [0.2, 0.25) is 11.8 Å². The van der Waals surface area contributed by atoms with E-state index in [0.717, 1.165) is 23.2 Å². The van der Waals surface area contributed by atoms with Crippen LogP contribution in [0.2, 0.25) is 0 Å². The van der Waals surface area contributed by atoms with Crippen LogP contribution in [0.25, 0.3) is 0 Å². The van der Waals surface area contributed by atoms with Gasteiger partial charge in [0, 0.05) is 30.9 Å². The lowest BCUT2D eigenvalue weighted by atomic mass is 10.1. The van der Waals surface area contributed by atoms with Crippen molar-refractivity contribution >= 4 is 29.1 Å². The zero-order valence-electron chi connectivity index (χ0n) is 18.2. The fourth-order valence-electron chi connectivity index (χ4n) is 3.54. The van der Waals surface area contributed by atoms with Gasteiger partial charge in [0.15, 0.2) is 6.61 Å². The summed E-state index contributed by atoms with van der Waals surface area (Å²) in [5, 5.41) is 5.70. The quantitative estimate of drug-likeness (QED) is 0.683. The van der Waals surface area contributed by atoms with E-state index in [9.17, 15) is 14.4 Å².